The molecule has 1 fully saturated rings. The highest BCUT2D eigenvalue weighted by Gasteiger charge is 2.33. The third kappa shape index (κ3) is 3.27. The van der Waals surface area contributed by atoms with Crippen LogP contribution in [0, 0.1) is 12.8 Å². The third-order valence-electron chi connectivity index (χ3n) is 4.34. The first-order valence-electron chi connectivity index (χ1n) is 7.00. The second-order valence-corrected chi connectivity index (χ2v) is 6.25. The van der Waals surface area contributed by atoms with E-state index in [0.29, 0.717) is 6.42 Å². The summed E-state index contributed by atoms with van der Waals surface area (Å²) >= 11 is 6.26. The van der Waals surface area contributed by atoms with Crippen molar-refractivity contribution in [2.24, 2.45) is 5.92 Å². The zero-order chi connectivity index (χ0) is 13.2. The Kier molecular flexibility index (Phi) is 4.34. The average molecular weight is 267 g/mol. The molecule has 1 N–H and O–H groups in total. The summed E-state index contributed by atoms with van der Waals surface area (Å²) < 4.78 is 0. The highest BCUT2D eigenvalue weighted by Crippen LogP contribution is 2.36. The Bertz CT molecular complexity index is 406. The number of benzene rings is 1. The summed E-state index contributed by atoms with van der Waals surface area (Å²) in [4.78, 5) is 0. The Morgan fingerprint density at radius 3 is 2.56 bits per heavy atom. The van der Waals surface area contributed by atoms with Crippen molar-refractivity contribution in [2.75, 3.05) is 0 Å². The lowest BCUT2D eigenvalue weighted by atomic mass is 9.75. The average Bonchev–Trinajstić information content (AvgIpc) is 2.34. The number of halogens is 1. The normalized spacial score (nSPS) is 28.3. The second kappa shape index (κ2) is 5.63. The van der Waals surface area contributed by atoms with Gasteiger partial charge in [-0.15, -0.1) is 0 Å². The van der Waals surface area contributed by atoms with Crippen LogP contribution in [0.2, 0.25) is 5.02 Å². The molecule has 0 spiro atoms. The molecule has 1 aromatic rings. The first-order chi connectivity index (χ1) is 8.52. The number of aryl methyl sites for hydroxylation is 1. The molecule has 0 atom stereocenters. The SMILES string of the molecule is CCC1CCC(O)(Cc2ccc(C)cc2Cl)CC1. The molecule has 0 unspecified atom stereocenters. The topological polar surface area (TPSA) is 20.2 Å². The Labute approximate surface area is 115 Å². The Morgan fingerprint density at radius 1 is 1.33 bits per heavy atom. The quantitative estimate of drug-likeness (QED) is 0.853. The van der Waals surface area contributed by atoms with Crippen molar-refractivity contribution < 1.29 is 5.11 Å². The fraction of sp³-hybridized carbons (Fsp3) is 0.625. The van der Waals surface area contributed by atoms with E-state index in [2.05, 4.69) is 19.1 Å². The van der Waals surface area contributed by atoms with Crippen molar-refractivity contribution in [3.8, 4) is 0 Å². The standard InChI is InChI=1S/C16H23ClO/c1-3-13-6-8-16(18,9-7-13)11-14-5-4-12(2)10-15(14)17/h4-5,10,13,18H,3,6-9,11H2,1-2H3. The van der Waals surface area contributed by atoms with Gasteiger partial charge in [-0.3, -0.25) is 0 Å². The fourth-order valence-electron chi connectivity index (χ4n) is 2.95. The number of hydrogen-bond donors (Lipinski definition) is 1. The minimum absolute atomic E-state index is 0.537. The van der Waals surface area contributed by atoms with Gasteiger partial charge in [0.25, 0.3) is 0 Å². The molecule has 0 amide bonds. The predicted molar refractivity (Wildman–Crippen MR) is 77.1 cm³/mol. The molecule has 0 saturated heterocycles. The van der Waals surface area contributed by atoms with Gasteiger partial charge in [0.15, 0.2) is 0 Å². The monoisotopic (exact) mass is 266 g/mol. The van der Waals surface area contributed by atoms with Crippen molar-refractivity contribution in [3.63, 3.8) is 0 Å². The lowest BCUT2D eigenvalue weighted by Crippen LogP contribution is -2.36. The van der Waals surface area contributed by atoms with Crippen molar-refractivity contribution in [2.45, 2.75) is 58.0 Å². The van der Waals surface area contributed by atoms with E-state index in [1.807, 2.05) is 13.0 Å². The molecular formula is C16H23ClO. The maximum Gasteiger partial charge on any atom is 0.0688 e. The van der Waals surface area contributed by atoms with Crippen molar-refractivity contribution in [3.05, 3.63) is 34.3 Å². The third-order valence-corrected chi connectivity index (χ3v) is 4.69. The second-order valence-electron chi connectivity index (χ2n) is 5.85. The number of hydrogen-bond acceptors (Lipinski definition) is 1. The van der Waals surface area contributed by atoms with Crippen molar-refractivity contribution in [1.82, 2.24) is 0 Å². The Balaban J connectivity index is 2.04. The van der Waals surface area contributed by atoms with Gasteiger partial charge in [0.2, 0.25) is 0 Å². The first-order valence-corrected chi connectivity index (χ1v) is 7.37. The highest BCUT2D eigenvalue weighted by molar-refractivity contribution is 6.31. The van der Waals surface area contributed by atoms with Gasteiger partial charge in [-0.25, -0.2) is 0 Å². The Morgan fingerprint density at radius 2 is 2.00 bits per heavy atom. The molecule has 1 saturated carbocycles. The number of aliphatic hydroxyl groups is 1. The Hall–Kier alpha value is -0.530. The van der Waals surface area contributed by atoms with E-state index in [4.69, 9.17) is 11.6 Å². The van der Waals surface area contributed by atoms with Gasteiger partial charge in [0.05, 0.1) is 5.60 Å². The molecular weight excluding hydrogens is 244 g/mol. The molecule has 0 aromatic heterocycles. The van der Waals surface area contributed by atoms with Crippen LogP contribution in [0.1, 0.15) is 50.2 Å². The van der Waals surface area contributed by atoms with E-state index >= 15 is 0 Å². The van der Waals surface area contributed by atoms with Crippen LogP contribution in [-0.2, 0) is 6.42 Å². The lowest BCUT2D eigenvalue weighted by Gasteiger charge is -2.36. The molecule has 0 heterocycles. The zero-order valence-corrected chi connectivity index (χ0v) is 12.1. The van der Waals surface area contributed by atoms with E-state index in [-0.39, 0.29) is 0 Å². The van der Waals surface area contributed by atoms with Gasteiger partial charge in [0.1, 0.15) is 0 Å². The van der Waals surface area contributed by atoms with Crippen molar-refractivity contribution in [1.29, 1.82) is 0 Å². The molecule has 1 aliphatic rings. The fourth-order valence-corrected chi connectivity index (χ4v) is 3.25. The zero-order valence-electron chi connectivity index (χ0n) is 11.4. The molecule has 2 heteroatoms. The van der Waals surface area contributed by atoms with E-state index in [1.54, 1.807) is 0 Å². The van der Waals surface area contributed by atoms with Crippen LogP contribution >= 0.6 is 11.6 Å². The number of rotatable bonds is 3. The maximum atomic E-state index is 10.7. The molecule has 2 rings (SSSR count). The molecule has 0 radical (unpaired) electrons. The first kappa shape index (κ1) is 13.9. The van der Waals surface area contributed by atoms with Crippen molar-refractivity contribution >= 4 is 11.6 Å². The van der Waals surface area contributed by atoms with Gasteiger partial charge in [0, 0.05) is 11.4 Å². The summed E-state index contributed by atoms with van der Waals surface area (Å²) in [7, 11) is 0. The molecule has 1 aliphatic carbocycles. The van der Waals surface area contributed by atoms with Crippen LogP contribution in [0.15, 0.2) is 18.2 Å². The molecule has 1 aromatic carbocycles. The van der Waals surface area contributed by atoms with E-state index < -0.39 is 5.60 Å². The van der Waals surface area contributed by atoms with Crippen LogP contribution in [0.4, 0.5) is 0 Å². The van der Waals surface area contributed by atoms with Gasteiger partial charge in [-0.1, -0.05) is 37.1 Å². The van der Waals surface area contributed by atoms with E-state index in [1.165, 1.54) is 12.0 Å². The van der Waals surface area contributed by atoms with E-state index in [9.17, 15) is 5.11 Å². The van der Waals surface area contributed by atoms with Crippen LogP contribution in [0.5, 0.6) is 0 Å². The summed E-state index contributed by atoms with van der Waals surface area (Å²) in [5, 5.41) is 11.5. The lowest BCUT2D eigenvalue weighted by molar-refractivity contribution is -0.00920. The van der Waals surface area contributed by atoms with Crippen LogP contribution in [0.25, 0.3) is 0 Å². The summed E-state index contributed by atoms with van der Waals surface area (Å²) in [5.41, 5.74) is 1.72. The molecule has 100 valence electrons. The van der Waals surface area contributed by atoms with Gasteiger partial charge >= 0.3 is 0 Å². The smallest absolute Gasteiger partial charge is 0.0688 e. The minimum atomic E-state index is -0.537. The molecule has 1 nitrogen and oxygen atoms in total. The van der Waals surface area contributed by atoms with Gasteiger partial charge in [-0.2, -0.15) is 0 Å². The van der Waals surface area contributed by atoms with E-state index in [0.717, 1.165) is 42.2 Å². The highest BCUT2D eigenvalue weighted by atomic mass is 35.5. The molecule has 18 heavy (non-hydrogen) atoms. The summed E-state index contributed by atoms with van der Waals surface area (Å²) in [5.74, 6) is 0.804. The molecule has 0 bridgehead atoms. The maximum absolute atomic E-state index is 10.7. The summed E-state index contributed by atoms with van der Waals surface area (Å²) in [6.07, 6.45) is 6.06. The molecule has 0 aliphatic heterocycles. The minimum Gasteiger partial charge on any atom is -0.390 e. The largest absolute Gasteiger partial charge is 0.390 e. The van der Waals surface area contributed by atoms with Crippen LogP contribution in [-0.4, -0.2) is 10.7 Å². The van der Waals surface area contributed by atoms with Crippen LogP contribution < -0.4 is 0 Å². The summed E-state index contributed by atoms with van der Waals surface area (Å²) in [6.45, 7) is 4.28. The summed E-state index contributed by atoms with van der Waals surface area (Å²) in [6, 6.07) is 6.11. The van der Waals surface area contributed by atoms with Crippen LogP contribution in [0.3, 0.4) is 0 Å². The predicted octanol–water partition coefficient (Wildman–Crippen LogP) is 4.52. The van der Waals surface area contributed by atoms with Gasteiger partial charge in [-0.05, 0) is 55.7 Å². The van der Waals surface area contributed by atoms with Gasteiger partial charge < -0.3 is 5.11 Å².